The lowest BCUT2D eigenvalue weighted by molar-refractivity contribution is 0.0695. The van der Waals surface area contributed by atoms with Gasteiger partial charge >= 0.3 is 5.97 Å². The van der Waals surface area contributed by atoms with E-state index >= 15 is 0 Å². The first-order chi connectivity index (χ1) is 8.88. The second-order valence-electron chi connectivity index (χ2n) is 4.92. The molecule has 0 fully saturated rings. The van der Waals surface area contributed by atoms with Crippen LogP contribution in [0.2, 0.25) is 0 Å². The van der Waals surface area contributed by atoms with Gasteiger partial charge in [0.1, 0.15) is 0 Å². The van der Waals surface area contributed by atoms with Gasteiger partial charge in [-0.15, -0.1) is 0 Å². The van der Waals surface area contributed by atoms with Crippen LogP contribution in [0.15, 0.2) is 6.20 Å². The number of hydrogen-bond acceptors (Lipinski definition) is 4. The van der Waals surface area contributed by atoms with E-state index in [-0.39, 0.29) is 5.92 Å². The highest BCUT2D eigenvalue weighted by Crippen LogP contribution is 2.29. The maximum Gasteiger partial charge on any atom is 0.337 e. The van der Waals surface area contributed by atoms with Crippen LogP contribution in [0.1, 0.15) is 47.1 Å². The van der Waals surface area contributed by atoms with E-state index in [1.165, 1.54) is 0 Å². The molecule has 102 valence electrons. The number of carbonyl (C=O) groups is 1. The van der Waals surface area contributed by atoms with Crippen LogP contribution in [0, 0.1) is 13.8 Å². The average Bonchev–Trinajstić information content (AvgIpc) is 2.60. The van der Waals surface area contributed by atoms with E-state index < -0.39 is 5.97 Å². The number of anilines is 1. The van der Waals surface area contributed by atoms with Crippen LogP contribution in [-0.4, -0.2) is 20.5 Å². The predicted molar refractivity (Wildman–Crippen MR) is 73.5 cm³/mol. The van der Waals surface area contributed by atoms with Crippen LogP contribution in [-0.2, 0) is 0 Å². The topological polar surface area (TPSA) is 92.6 Å². The molecule has 0 spiro atoms. The molecule has 0 aliphatic heterocycles. The number of rotatable bonds is 3. The summed E-state index contributed by atoms with van der Waals surface area (Å²) in [6.07, 6.45) is 1.72. The van der Waals surface area contributed by atoms with Crippen LogP contribution >= 0.6 is 0 Å². The molecule has 0 bridgehead atoms. The zero-order chi connectivity index (χ0) is 14.3. The Hall–Kier alpha value is -2.08. The molecule has 0 saturated carbocycles. The molecule has 6 heteroatoms. The summed E-state index contributed by atoms with van der Waals surface area (Å²) < 4.78 is 1.84. The van der Waals surface area contributed by atoms with Gasteiger partial charge in [0.15, 0.2) is 5.82 Å². The number of nitrogen functional groups attached to an aromatic ring is 1. The van der Waals surface area contributed by atoms with Crippen molar-refractivity contribution in [2.45, 2.75) is 33.6 Å². The highest BCUT2D eigenvalue weighted by atomic mass is 16.4. The van der Waals surface area contributed by atoms with Gasteiger partial charge < -0.3 is 14.9 Å². The summed E-state index contributed by atoms with van der Waals surface area (Å²) in [6.45, 7) is 7.64. The second kappa shape index (κ2) is 4.55. The quantitative estimate of drug-likeness (QED) is 0.581. The first-order valence-electron chi connectivity index (χ1n) is 6.10. The Bertz CT molecular complexity index is 658. The number of aromatic carboxylic acids is 1. The molecule has 0 amide bonds. The van der Waals surface area contributed by atoms with Gasteiger partial charge in [-0.05, 0) is 25.3 Å². The lowest BCUT2D eigenvalue weighted by Crippen LogP contribution is -2.12. The van der Waals surface area contributed by atoms with Crippen LogP contribution in [0.3, 0.4) is 0 Å². The van der Waals surface area contributed by atoms with Gasteiger partial charge in [-0.25, -0.2) is 15.6 Å². The number of aryl methyl sites for hydroxylation is 2. The Morgan fingerprint density at radius 2 is 2.11 bits per heavy atom. The fraction of sp³-hybridized carbons (Fsp3) is 0.385. The molecule has 6 nitrogen and oxygen atoms in total. The highest BCUT2D eigenvalue weighted by Gasteiger charge is 2.22. The number of fused-ring (bicyclic) bond motifs is 1. The molecule has 0 unspecified atom stereocenters. The molecular weight excluding hydrogens is 244 g/mol. The number of nitrogens with two attached hydrogens (primary N) is 1. The van der Waals surface area contributed by atoms with Crippen molar-refractivity contribution in [2.24, 2.45) is 5.84 Å². The smallest absolute Gasteiger partial charge is 0.337 e. The number of aromatic nitrogens is 2. The first-order valence-corrected chi connectivity index (χ1v) is 6.10. The van der Waals surface area contributed by atoms with Crippen LogP contribution < -0.4 is 11.3 Å². The van der Waals surface area contributed by atoms with Crippen molar-refractivity contribution in [3.63, 3.8) is 0 Å². The van der Waals surface area contributed by atoms with Crippen molar-refractivity contribution >= 4 is 17.3 Å². The molecule has 0 aliphatic rings. The van der Waals surface area contributed by atoms with Crippen LogP contribution in [0.5, 0.6) is 0 Å². The lowest BCUT2D eigenvalue weighted by Gasteiger charge is -2.11. The van der Waals surface area contributed by atoms with Crippen molar-refractivity contribution in [2.75, 3.05) is 5.43 Å². The highest BCUT2D eigenvalue weighted by molar-refractivity contribution is 5.94. The van der Waals surface area contributed by atoms with Gasteiger partial charge in [0.2, 0.25) is 0 Å². The predicted octanol–water partition coefficient (Wildman–Crippen LogP) is 2.06. The fourth-order valence-electron chi connectivity index (χ4n) is 2.46. The molecule has 19 heavy (non-hydrogen) atoms. The Morgan fingerprint density at radius 3 is 2.58 bits per heavy atom. The summed E-state index contributed by atoms with van der Waals surface area (Å²) in [7, 11) is 0. The SMILES string of the molecule is Cc1c(C(=O)O)c(C)n2cc(NN)nc(C(C)C)c12. The number of hydrogen-bond donors (Lipinski definition) is 3. The van der Waals surface area contributed by atoms with Crippen molar-refractivity contribution in [3.8, 4) is 0 Å². The van der Waals surface area contributed by atoms with Crippen molar-refractivity contribution in [1.29, 1.82) is 0 Å². The number of carboxylic acids is 1. The minimum atomic E-state index is -0.921. The van der Waals surface area contributed by atoms with E-state index in [0.29, 0.717) is 17.1 Å². The molecule has 0 radical (unpaired) electrons. The van der Waals surface area contributed by atoms with Gasteiger partial charge in [-0.3, -0.25) is 0 Å². The molecule has 0 saturated heterocycles. The van der Waals surface area contributed by atoms with E-state index in [9.17, 15) is 9.90 Å². The van der Waals surface area contributed by atoms with E-state index in [4.69, 9.17) is 5.84 Å². The molecule has 0 aromatic carbocycles. The van der Waals surface area contributed by atoms with Gasteiger partial charge in [-0.1, -0.05) is 13.8 Å². The minimum absolute atomic E-state index is 0.172. The van der Waals surface area contributed by atoms with E-state index in [2.05, 4.69) is 10.4 Å². The molecule has 2 heterocycles. The number of carboxylic acid groups (broad SMARTS) is 1. The Morgan fingerprint density at radius 1 is 1.47 bits per heavy atom. The van der Waals surface area contributed by atoms with Crippen molar-refractivity contribution in [1.82, 2.24) is 9.38 Å². The second-order valence-corrected chi connectivity index (χ2v) is 4.92. The van der Waals surface area contributed by atoms with Gasteiger partial charge in [0, 0.05) is 5.69 Å². The van der Waals surface area contributed by atoms with Crippen LogP contribution in [0.4, 0.5) is 5.82 Å². The zero-order valence-corrected chi connectivity index (χ0v) is 11.5. The largest absolute Gasteiger partial charge is 0.478 e. The first kappa shape index (κ1) is 13.4. The third kappa shape index (κ3) is 1.94. The maximum atomic E-state index is 11.4. The zero-order valence-electron chi connectivity index (χ0n) is 11.5. The van der Waals surface area contributed by atoms with Gasteiger partial charge in [0.25, 0.3) is 0 Å². The minimum Gasteiger partial charge on any atom is -0.478 e. The Labute approximate surface area is 111 Å². The number of nitrogens with zero attached hydrogens (tertiary/aromatic N) is 2. The van der Waals surface area contributed by atoms with E-state index in [0.717, 1.165) is 16.8 Å². The fourth-order valence-corrected chi connectivity index (χ4v) is 2.46. The summed E-state index contributed by atoms with van der Waals surface area (Å²) in [4.78, 5) is 15.8. The molecular formula is C13H18N4O2. The van der Waals surface area contributed by atoms with Gasteiger partial charge in [0.05, 0.1) is 23.0 Å². The summed E-state index contributed by atoms with van der Waals surface area (Å²) in [5.41, 5.74) is 5.96. The normalized spacial score (nSPS) is 11.3. The van der Waals surface area contributed by atoms with Gasteiger partial charge in [-0.2, -0.15) is 0 Å². The number of nitrogens with one attached hydrogen (secondary N) is 1. The lowest BCUT2D eigenvalue weighted by atomic mass is 10.1. The monoisotopic (exact) mass is 262 g/mol. The molecule has 2 rings (SSSR count). The molecule has 2 aromatic rings. The van der Waals surface area contributed by atoms with E-state index in [1.807, 2.05) is 25.2 Å². The summed E-state index contributed by atoms with van der Waals surface area (Å²) in [5, 5.41) is 9.33. The van der Waals surface area contributed by atoms with E-state index in [1.54, 1.807) is 13.1 Å². The average molecular weight is 262 g/mol. The third-order valence-corrected chi connectivity index (χ3v) is 3.34. The maximum absolute atomic E-state index is 11.4. The van der Waals surface area contributed by atoms with Crippen LogP contribution in [0.25, 0.3) is 5.52 Å². The summed E-state index contributed by atoms with van der Waals surface area (Å²) >= 11 is 0. The van der Waals surface area contributed by atoms with Crippen molar-refractivity contribution in [3.05, 3.63) is 28.7 Å². The molecule has 0 atom stereocenters. The Kier molecular flexibility index (Phi) is 3.20. The summed E-state index contributed by atoms with van der Waals surface area (Å²) in [5.74, 6) is 5.19. The summed E-state index contributed by atoms with van der Waals surface area (Å²) in [6, 6.07) is 0. The molecule has 2 aromatic heterocycles. The number of hydrazine groups is 1. The van der Waals surface area contributed by atoms with Crippen molar-refractivity contribution < 1.29 is 9.90 Å². The molecule has 0 aliphatic carbocycles. The third-order valence-electron chi connectivity index (χ3n) is 3.34. The Balaban J connectivity index is 2.95. The standard InChI is InChI=1S/C13H18N4O2/c1-6(2)11-12-7(3)10(13(18)19)8(4)17(12)5-9(15-11)16-14/h5-6,16H,14H2,1-4H3,(H,18,19). The molecule has 4 N–H and O–H groups in total.